The van der Waals surface area contributed by atoms with Gasteiger partial charge in [0.15, 0.2) is 11.5 Å². The molecule has 2 aromatic rings. The second-order valence-electron chi connectivity index (χ2n) is 5.50. The van der Waals surface area contributed by atoms with Crippen LogP contribution in [0.4, 0.5) is 0 Å². The SMILES string of the molecule is COc1cc(/C=C\c2ccc(C3=CC3)c(O)c2)cc(OC)c1OC. The minimum absolute atomic E-state index is 0.311. The molecular formula is C20H20O4. The van der Waals surface area contributed by atoms with Crippen LogP contribution in [0.3, 0.4) is 0 Å². The summed E-state index contributed by atoms with van der Waals surface area (Å²) in [7, 11) is 4.76. The lowest BCUT2D eigenvalue weighted by molar-refractivity contribution is 0.324. The van der Waals surface area contributed by atoms with Crippen molar-refractivity contribution in [3.63, 3.8) is 0 Å². The van der Waals surface area contributed by atoms with E-state index in [1.54, 1.807) is 27.4 Å². The Morgan fingerprint density at radius 1 is 0.875 bits per heavy atom. The van der Waals surface area contributed by atoms with Gasteiger partial charge in [-0.15, -0.1) is 0 Å². The van der Waals surface area contributed by atoms with E-state index in [4.69, 9.17) is 14.2 Å². The molecule has 0 atom stereocenters. The first-order valence-corrected chi connectivity index (χ1v) is 7.66. The molecule has 0 aliphatic heterocycles. The number of hydrogen-bond acceptors (Lipinski definition) is 4. The van der Waals surface area contributed by atoms with Crippen LogP contribution in [0.25, 0.3) is 17.7 Å². The number of phenolic OH excluding ortho intramolecular Hbond substituents is 1. The maximum absolute atomic E-state index is 10.1. The van der Waals surface area contributed by atoms with Gasteiger partial charge < -0.3 is 19.3 Å². The smallest absolute Gasteiger partial charge is 0.203 e. The number of allylic oxidation sites excluding steroid dienone is 2. The standard InChI is InChI=1S/C20H20O4/c1-22-18-11-14(12-19(23-2)20(18)24-3)5-4-13-6-9-16(15-7-8-15)17(21)10-13/h4-7,9-12,21H,8H2,1-3H3/b5-4-. The first-order chi connectivity index (χ1) is 11.7. The van der Waals surface area contributed by atoms with E-state index in [9.17, 15) is 5.11 Å². The summed E-state index contributed by atoms with van der Waals surface area (Å²) in [6.45, 7) is 0. The summed E-state index contributed by atoms with van der Waals surface area (Å²) in [5, 5.41) is 10.1. The molecule has 0 amide bonds. The number of hydrogen-bond donors (Lipinski definition) is 1. The second kappa shape index (κ2) is 6.71. The highest BCUT2D eigenvalue weighted by Crippen LogP contribution is 2.39. The second-order valence-corrected chi connectivity index (χ2v) is 5.50. The molecule has 3 rings (SSSR count). The van der Waals surface area contributed by atoms with Crippen LogP contribution < -0.4 is 14.2 Å². The van der Waals surface area contributed by atoms with E-state index >= 15 is 0 Å². The molecule has 1 N–H and O–H groups in total. The van der Waals surface area contributed by atoms with Gasteiger partial charge in [-0.25, -0.2) is 0 Å². The third-order valence-electron chi connectivity index (χ3n) is 3.93. The van der Waals surface area contributed by atoms with Crippen LogP contribution in [-0.4, -0.2) is 26.4 Å². The Morgan fingerprint density at radius 2 is 1.50 bits per heavy atom. The average Bonchev–Trinajstić information content (AvgIpc) is 3.43. The molecule has 0 saturated heterocycles. The zero-order valence-corrected chi connectivity index (χ0v) is 14.0. The first-order valence-electron chi connectivity index (χ1n) is 7.66. The Hall–Kier alpha value is -2.88. The fraction of sp³-hybridized carbons (Fsp3) is 0.200. The van der Waals surface area contributed by atoms with E-state index in [1.165, 1.54) is 5.57 Å². The van der Waals surface area contributed by atoms with Crippen molar-refractivity contribution in [3.8, 4) is 23.0 Å². The number of rotatable bonds is 6. The fourth-order valence-electron chi connectivity index (χ4n) is 2.58. The summed E-state index contributed by atoms with van der Waals surface area (Å²) < 4.78 is 16.0. The molecule has 0 spiro atoms. The number of methoxy groups -OCH3 is 3. The monoisotopic (exact) mass is 324 g/mol. The summed E-state index contributed by atoms with van der Waals surface area (Å²) in [5.41, 5.74) is 3.96. The van der Waals surface area contributed by atoms with E-state index in [-0.39, 0.29) is 0 Å². The van der Waals surface area contributed by atoms with Gasteiger partial charge in [-0.05, 0) is 41.3 Å². The molecule has 0 radical (unpaired) electrons. The lowest BCUT2D eigenvalue weighted by atomic mass is 10.1. The van der Waals surface area contributed by atoms with Crippen molar-refractivity contribution in [3.05, 3.63) is 53.1 Å². The van der Waals surface area contributed by atoms with Crippen molar-refractivity contribution >= 4 is 17.7 Å². The molecule has 124 valence electrons. The summed E-state index contributed by atoms with van der Waals surface area (Å²) >= 11 is 0. The molecule has 4 heteroatoms. The van der Waals surface area contributed by atoms with E-state index < -0.39 is 0 Å². The summed E-state index contributed by atoms with van der Waals surface area (Å²) in [6, 6.07) is 9.46. The van der Waals surface area contributed by atoms with Gasteiger partial charge in [0.1, 0.15) is 5.75 Å². The van der Waals surface area contributed by atoms with Gasteiger partial charge in [0.25, 0.3) is 0 Å². The lowest BCUT2D eigenvalue weighted by Gasteiger charge is -2.12. The molecule has 2 aromatic carbocycles. The zero-order chi connectivity index (χ0) is 17.1. The van der Waals surface area contributed by atoms with Crippen molar-refractivity contribution in [1.29, 1.82) is 0 Å². The zero-order valence-electron chi connectivity index (χ0n) is 14.0. The predicted octanol–water partition coefficient (Wildman–Crippen LogP) is 4.38. The fourth-order valence-corrected chi connectivity index (χ4v) is 2.58. The van der Waals surface area contributed by atoms with Gasteiger partial charge in [-0.1, -0.05) is 30.4 Å². The van der Waals surface area contributed by atoms with Crippen molar-refractivity contribution < 1.29 is 19.3 Å². The Balaban J connectivity index is 1.88. The summed E-state index contributed by atoms with van der Waals surface area (Å²) in [5.74, 6) is 2.09. The quantitative estimate of drug-likeness (QED) is 0.801. The lowest BCUT2D eigenvalue weighted by Crippen LogP contribution is -1.95. The minimum atomic E-state index is 0.311. The van der Waals surface area contributed by atoms with E-state index in [1.807, 2.05) is 36.4 Å². The molecule has 1 aliphatic carbocycles. The number of ether oxygens (including phenoxy) is 3. The van der Waals surface area contributed by atoms with Gasteiger partial charge in [-0.2, -0.15) is 0 Å². The Bertz CT molecular complexity index is 793. The molecule has 0 saturated carbocycles. The molecule has 1 aliphatic rings. The Kier molecular flexibility index (Phi) is 4.47. The van der Waals surface area contributed by atoms with Crippen LogP contribution in [0.1, 0.15) is 23.1 Å². The van der Waals surface area contributed by atoms with Gasteiger partial charge in [0.05, 0.1) is 21.3 Å². The first kappa shape index (κ1) is 16.0. The Morgan fingerprint density at radius 3 is 2.00 bits per heavy atom. The largest absolute Gasteiger partial charge is 0.507 e. The highest BCUT2D eigenvalue weighted by molar-refractivity contribution is 5.82. The van der Waals surface area contributed by atoms with Gasteiger partial charge in [0.2, 0.25) is 5.75 Å². The average molecular weight is 324 g/mol. The van der Waals surface area contributed by atoms with Crippen LogP contribution >= 0.6 is 0 Å². The third kappa shape index (κ3) is 3.23. The Labute approximate surface area is 141 Å². The number of aromatic hydroxyl groups is 1. The number of phenols is 1. The van der Waals surface area contributed by atoms with Crippen LogP contribution in [0.15, 0.2) is 36.4 Å². The summed E-state index contributed by atoms with van der Waals surface area (Å²) in [4.78, 5) is 0. The van der Waals surface area contributed by atoms with Crippen LogP contribution in [0, 0.1) is 0 Å². The molecule has 24 heavy (non-hydrogen) atoms. The molecule has 0 aromatic heterocycles. The topological polar surface area (TPSA) is 47.9 Å². The van der Waals surface area contributed by atoms with E-state index in [0.717, 1.165) is 23.1 Å². The van der Waals surface area contributed by atoms with Crippen molar-refractivity contribution in [2.24, 2.45) is 0 Å². The van der Waals surface area contributed by atoms with E-state index in [0.29, 0.717) is 23.0 Å². The van der Waals surface area contributed by atoms with Gasteiger partial charge >= 0.3 is 0 Å². The number of benzene rings is 2. The minimum Gasteiger partial charge on any atom is -0.507 e. The van der Waals surface area contributed by atoms with Crippen molar-refractivity contribution in [2.45, 2.75) is 6.42 Å². The molecule has 0 fully saturated rings. The van der Waals surface area contributed by atoms with Gasteiger partial charge in [-0.3, -0.25) is 0 Å². The maximum atomic E-state index is 10.1. The molecule has 0 heterocycles. The molecule has 4 nitrogen and oxygen atoms in total. The maximum Gasteiger partial charge on any atom is 0.203 e. The predicted molar refractivity (Wildman–Crippen MR) is 95.7 cm³/mol. The highest BCUT2D eigenvalue weighted by Gasteiger charge is 2.14. The van der Waals surface area contributed by atoms with Crippen molar-refractivity contribution in [2.75, 3.05) is 21.3 Å². The van der Waals surface area contributed by atoms with Crippen LogP contribution in [-0.2, 0) is 0 Å². The molecule has 0 unspecified atom stereocenters. The van der Waals surface area contributed by atoms with E-state index in [2.05, 4.69) is 6.08 Å². The van der Waals surface area contributed by atoms with Crippen LogP contribution in [0.5, 0.6) is 23.0 Å². The highest BCUT2D eigenvalue weighted by atomic mass is 16.5. The normalized spacial score (nSPS) is 12.9. The summed E-state index contributed by atoms with van der Waals surface area (Å²) in [6.07, 6.45) is 6.94. The van der Waals surface area contributed by atoms with Crippen LogP contribution in [0.2, 0.25) is 0 Å². The third-order valence-corrected chi connectivity index (χ3v) is 3.93. The van der Waals surface area contributed by atoms with Crippen molar-refractivity contribution in [1.82, 2.24) is 0 Å². The van der Waals surface area contributed by atoms with Gasteiger partial charge in [0, 0.05) is 5.56 Å². The molecule has 0 bridgehead atoms. The molecular weight excluding hydrogens is 304 g/mol.